The zero-order valence-electron chi connectivity index (χ0n) is 21.0. The van der Waals surface area contributed by atoms with Gasteiger partial charge in [0, 0.05) is 44.5 Å². The van der Waals surface area contributed by atoms with Crippen LogP contribution in [0.4, 0.5) is 5.69 Å². The van der Waals surface area contributed by atoms with Crippen LogP contribution >= 0.6 is 0 Å². The molecule has 0 saturated carbocycles. The first-order valence-electron chi connectivity index (χ1n) is 12.8. The predicted octanol–water partition coefficient (Wildman–Crippen LogP) is 5.85. The summed E-state index contributed by atoms with van der Waals surface area (Å²) in [5.41, 5.74) is 7.23. The lowest BCUT2D eigenvalue weighted by Crippen LogP contribution is -2.48. The molecular formula is C31H38N2O2. The van der Waals surface area contributed by atoms with Crippen LogP contribution in [-0.4, -0.2) is 53.9 Å². The van der Waals surface area contributed by atoms with Gasteiger partial charge in [0.25, 0.3) is 0 Å². The van der Waals surface area contributed by atoms with Gasteiger partial charge in [-0.15, -0.1) is 0 Å². The van der Waals surface area contributed by atoms with Gasteiger partial charge >= 0.3 is 0 Å². The van der Waals surface area contributed by atoms with Gasteiger partial charge in [-0.25, -0.2) is 0 Å². The fraction of sp³-hybridized carbons (Fsp3) is 0.355. The molecule has 0 spiro atoms. The molecule has 0 bridgehead atoms. The predicted molar refractivity (Wildman–Crippen MR) is 147 cm³/mol. The van der Waals surface area contributed by atoms with Gasteiger partial charge in [0.15, 0.2) is 0 Å². The summed E-state index contributed by atoms with van der Waals surface area (Å²) < 4.78 is 0. The molecule has 2 N–H and O–H groups in total. The number of phenols is 1. The Balaban J connectivity index is 1.75. The van der Waals surface area contributed by atoms with Crippen molar-refractivity contribution in [1.29, 1.82) is 0 Å². The number of piperazine rings is 1. The number of benzene rings is 3. The maximum Gasteiger partial charge on any atom is 0.115 e. The lowest BCUT2D eigenvalue weighted by atomic mass is 9.87. The number of hydrogen-bond acceptors (Lipinski definition) is 4. The summed E-state index contributed by atoms with van der Waals surface area (Å²) in [4.78, 5) is 5.03. The number of rotatable bonds is 9. The Labute approximate surface area is 210 Å². The lowest BCUT2D eigenvalue weighted by Gasteiger charge is -2.38. The Morgan fingerprint density at radius 2 is 1.51 bits per heavy atom. The fourth-order valence-corrected chi connectivity index (χ4v) is 5.01. The molecule has 3 aromatic carbocycles. The molecule has 1 fully saturated rings. The number of aromatic hydroxyl groups is 1. The minimum atomic E-state index is 0.163. The van der Waals surface area contributed by atoms with Crippen molar-refractivity contribution >= 4 is 16.8 Å². The van der Waals surface area contributed by atoms with Gasteiger partial charge in [-0.2, -0.15) is 0 Å². The van der Waals surface area contributed by atoms with Crippen LogP contribution in [0.5, 0.6) is 5.75 Å². The van der Waals surface area contributed by atoms with Crippen molar-refractivity contribution in [2.75, 3.05) is 37.7 Å². The Bertz CT molecular complexity index is 1120. The number of aliphatic hydroxyl groups is 1. The van der Waals surface area contributed by atoms with Gasteiger partial charge in [0.2, 0.25) is 0 Å². The SMILES string of the molecule is CC(C)N1CCN(c2cccc(/C(Cc3cccc(O)c3)=C(/CCCO)c3ccccc3)c2)CC1. The second kappa shape index (κ2) is 12.1. The Kier molecular flexibility index (Phi) is 8.62. The third-order valence-electron chi connectivity index (χ3n) is 6.97. The number of phenolic OH excluding ortho intramolecular Hbond substituents is 1. The minimum absolute atomic E-state index is 0.163. The molecule has 1 saturated heterocycles. The van der Waals surface area contributed by atoms with E-state index in [9.17, 15) is 10.2 Å². The van der Waals surface area contributed by atoms with Crippen molar-refractivity contribution in [3.8, 4) is 5.75 Å². The summed E-state index contributed by atoms with van der Waals surface area (Å²) in [6, 6.07) is 27.5. The van der Waals surface area contributed by atoms with Crippen molar-refractivity contribution in [3.05, 3.63) is 95.6 Å². The third-order valence-corrected chi connectivity index (χ3v) is 6.97. The zero-order valence-corrected chi connectivity index (χ0v) is 21.0. The Morgan fingerprint density at radius 1 is 0.800 bits per heavy atom. The molecule has 4 nitrogen and oxygen atoms in total. The van der Waals surface area contributed by atoms with Gasteiger partial charge < -0.3 is 15.1 Å². The van der Waals surface area contributed by atoms with Gasteiger partial charge in [0.05, 0.1) is 0 Å². The summed E-state index contributed by atoms with van der Waals surface area (Å²) in [7, 11) is 0. The highest BCUT2D eigenvalue weighted by atomic mass is 16.3. The van der Waals surface area contributed by atoms with Gasteiger partial charge in [0.1, 0.15) is 5.75 Å². The monoisotopic (exact) mass is 470 g/mol. The molecule has 1 aliphatic heterocycles. The maximum atomic E-state index is 10.1. The van der Waals surface area contributed by atoms with E-state index in [1.165, 1.54) is 28.0 Å². The van der Waals surface area contributed by atoms with Crippen LogP contribution in [0.25, 0.3) is 11.1 Å². The first-order valence-corrected chi connectivity index (χ1v) is 12.8. The average Bonchev–Trinajstić information content (AvgIpc) is 2.89. The van der Waals surface area contributed by atoms with Crippen LogP contribution in [0, 0.1) is 0 Å². The second-order valence-electron chi connectivity index (χ2n) is 9.66. The van der Waals surface area contributed by atoms with E-state index >= 15 is 0 Å². The quantitative estimate of drug-likeness (QED) is 0.385. The molecule has 4 rings (SSSR count). The number of nitrogens with zero attached hydrogens (tertiary/aromatic N) is 2. The molecule has 0 radical (unpaired) electrons. The van der Waals surface area contributed by atoms with Crippen molar-refractivity contribution in [1.82, 2.24) is 4.90 Å². The first kappa shape index (κ1) is 25.0. The molecule has 35 heavy (non-hydrogen) atoms. The molecule has 0 atom stereocenters. The van der Waals surface area contributed by atoms with E-state index in [1.807, 2.05) is 18.2 Å². The lowest BCUT2D eigenvalue weighted by molar-refractivity contribution is 0.209. The minimum Gasteiger partial charge on any atom is -0.508 e. The van der Waals surface area contributed by atoms with Crippen LogP contribution in [-0.2, 0) is 6.42 Å². The summed E-state index contributed by atoms with van der Waals surface area (Å²) in [6.45, 7) is 8.93. The highest BCUT2D eigenvalue weighted by molar-refractivity contribution is 5.92. The van der Waals surface area contributed by atoms with E-state index in [0.29, 0.717) is 18.9 Å². The van der Waals surface area contributed by atoms with E-state index < -0.39 is 0 Å². The van der Waals surface area contributed by atoms with Gasteiger partial charge in [-0.05, 0) is 85.2 Å². The van der Waals surface area contributed by atoms with E-state index in [0.717, 1.165) is 38.2 Å². The van der Waals surface area contributed by atoms with Crippen LogP contribution < -0.4 is 4.90 Å². The Morgan fingerprint density at radius 3 is 2.20 bits per heavy atom. The van der Waals surface area contributed by atoms with Gasteiger partial charge in [-0.1, -0.05) is 54.6 Å². The number of aliphatic hydroxyl groups excluding tert-OH is 1. The van der Waals surface area contributed by atoms with E-state index in [1.54, 1.807) is 6.07 Å². The maximum absolute atomic E-state index is 10.1. The number of anilines is 1. The van der Waals surface area contributed by atoms with E-state index in [2.05, 4.69) is 78.2 Å². The number of hydrogen-bond donors (Lipinski definition) is 2. The van der Waals surface area contributed by atoms with Crippen LogP contribution in [0.15, 0.2) is 78.9 Å². The fourth-order valence-electron chi connectivity index (χ4n) is 5.01. The largest absolute Gasteiger partial charge is 0.508 e. The van der Waals surface area contributed by atoms with E-state index in [-0.39, 0.29) is 12.4 Å². The number of allylic oxidation sites excluding steroid dienone is 2. The summed E-state index contributed by atoms with van der Waals surface area (Å²) >= 11 is 0. The van der Waals surface area contributed by atoms with Crippen molar-refractivity contribution in [2.45, 2.75) is 39.2 Å². The first-order chi connectivity index (χ1) is 17.0. The molecule has 0 aromatic heterocycles. The normalized spacial score (nSPS) is 15.4. The molecular weight excluding hydrogens is 432 g/mol. The topological polar surface area (TPSA) is 46.9 Å². The van der Waals surface area contributed by atoms with Crippen LogP contribution in [0.2, 0.25) is 0 Å². The summed E-state index contributed by atoms with van der Waals surface area (Å²) in [6.07, 6.45) is 2.23. The van der Waals surface area contributed by atoms with Crippen molar-refractivity contribution in [3.63, 3.8) is 0 Å². The molecule has 0 unspecified atom stereocenters. The van der Waals surface area contributed by atoms with E-state index in [4.69, 9.17) is 0 Å². The molecule has 0 aliphatic carbocycles. The highest BCUT2D eigenvalue weighted by Crippen LogP contribution is 2.35. The average molecular weight is 471 g/mol. The third kappa shape index (κ3) is 6.53. The smallest absolute Gasteiger partial charge is 0.115 e. The molecule has 1 aliphatic rings. The van der Waals surface area contributed by atoms with Crippen molar-refractivity contribution < 1.29 is 10.2 Å². The summed E-state index contributed by atoms with van der Waals surface area (Å²) in [5.74, 6) is 0.287. The van der Waals surface area contributed by atoms with Crippen molar-refractivity contribution in [2.24, 2.45) is 0 Å². The summed E-state index contributed by atoms with van der Waals surface area (Å²) in [5, 5.41) is 19.8. The molecule has 0 amide bonds. The zero-order chi connectivity index (χ0) is 24.6. The molecule has 3 aromatic rings. The Hall–Kier alpha value is -3.08. The second-order valence-corrected chi connectivity index (χ2v) is 9.66. The highest BCUT2D eigenvalue weighted by Gasteiger charge is 2.20. The molecule has 184 valence electrons. The van der Waals surface area contributed by atoms with Crippen LogP contribution in [0.1, 0.15) is 43.4 Å². The van der Waals surface area contributed by atoms with Crippen LogP contribution in [0.3, 0.4) is 0 Å². The molecule has 4 heteroatoms. The standard InChI is InChI=1S/C31H38N2O2/c1-24(2)32-16-18-33(19-17-32)28-13-7-12-27(23-28)31(22-25-9-6-14-29(35)21-25)30(15-8-20-34)26-10-4-3-5-11-26/h3-7,9-14,21,23-24,34-35H,8,15-20,22H2,1-2H3/b31-30-. The molecule has 1 heterocycles. The van der Waals surface area contributed by atoms with Gasteiger partial charge in [-0.3, -0.25) is 4.90 Å².